The standard InChI is InChI=1S/C18H21N3O4/c1-24-11-4-5-13-12(8-11)10(9-19-13)7-14-17(22)21-16(18(23)20-14)15-3-2-6-25-15/h4-5,8-9,14-16,19H,2-3,6-7H2,1H3,(H,20,23)(H,21,22). The number of piperazine rings is 1. The van der Waals surface area contributed by atoms with Crippen molar-refractivity contribution in [3.63, 3.8) is 0 Å². The number of aromatic nitrogens is 1. The third kappa shape index (κ3) is 2.95. The summed E-state index contributed by atoms with van der Waals surface area (Å²) in [7, 11) is 1.62. The lowest BCUT2D eigenvalue weighted by Crippen LogP contribution is -2.65. The van der Waals surface area contributed by atoms with Crippen LogP contribution in [0.25, 0.3) is 10.9 Å². The highest BCUT2D eigenvalue weighted by atomic mass is 16.5. The minimum Gasteiger partial charge on any atom is -0.497 e. The van der Waals surface area contributed by atoms with Gasteiger partial charge in [0.05, 0.1) is 13.2 Å². The Kier molecular flexibility index (Phi) is 4.09. The molecule has 2 saturated heterocycles. The molecule has 0 aliphatic carbocycles. The molecule has 0 radical (unpaired) electrons. The number of amides is 2. The summed E-state index contributed by atoms with van der Waals surface area (Å²) in [5.74, 6) is 0.412. The lowest BCUT2D eigenvalue weighted by Gasteiger charge is -2.32. The van der Waals surface area contributed by atoms with Gasteiger partial charge in [-0.2, -0.15) is 0 Å². The Morgan fingerprint density at radius 1 is 1.24 bits per heavy atom. The number of ether oxygens (including phenoxy) is 2. The van der Waals surface area contributed by atoms with Crippen LogP contribution in [0.1, 0.15) is 18.4 Å². The van der Waals surface area contributed by atoms with Gasteiger partial charge in [0.2, 0.25) is 11.8 Å². The lowest BCUT2D eigenvalue weighted by atomic mass is 9.98. The van der Waals surface area contributed by atoms with Crippen molar-refractivity contribution < 1.29 is 19.1 Å². The molecule has 2 aliphatic rings. The molecule has 0 spiro atoms. The molecule has 3 unspecified atom stereocenters. The summed E-state index contributed by atoms with van der Waals surface area (Å²) in [4.78, 5) is 28.1. The Morgan fingerprint density at radius 3 is 2.88 bits per heavy atom. The zero-order valence-corrected chi connectivity index (χ0v) is 14.0. The zero-order chi connectivity index (χ0) is 17.4. The number of hydrogen-bond acceptors (Lipinski definition) is 4. The van der Waals surface area contributed by atoms with E-state index in [1.165, 1.54) is 0 Å². The molecule has 0 bridgehead atoms. The maximum atomic E-state index is 12.5. The smallest absolute Gasteiger partial charge is 0.245 e. The molecule has 7 nitrogen and oxygen atoms in total. The summed E-state index contributed by atoms with van der Waals surface area (Å²) in [6.45, 7) is 0.644. The van der Waals surface area contributed by atoms with Crippen LogP contribution in [0.5, 0.6) is 5.75 Å². The molecule has 0 saturated carbocycles. The summed E-state index contributed by atoms with van der Waals surface area (Å²) in [6, 6.07) is 4.57. The van der Waals surface area contributed by atoms with E-state index in [2.05, 4.69) is 15.6 Å². The van der Waals surface area contributed by atoms with Crippen molar-refractivity contribution >= 4 is 22.7 Å². The average molecular weight is 343 g/mol. The first-order valence-corrected chi connectivity index (χ1v) is 8.52. The number of carbonyl (C=O) groups is 2. The molecule has 1 aromatic carbocycles. The van der Waals surface area contributed by atoms with E-state index < -0.39 is 12.1 Å². The van der Waals surface area contributed by atoms with Gasteiger partial charge in [0.25, 0.3) is 0 Å². The minimum atomic E-state index is -0.589. The van der Waals surface area contributed by atoms with Crippen LogP contribution in [0.4, 0.5) is 0 Å². The first kappa shape index (κ1) is 16.0. The Balaban J connectivity index is 1.51. The van der Waals surface area contributed by atoms with Gasteiger partial charge in [0.1, 0.15) is 17.8 Å². The fraction of sp³-hybridized carbons (Fsp3) is 0.444. The molecular formula is C18H21N3O4. The van der Waals surface area contributed by atoms with E-state index in [4.69, 9.17) is 9.47 Å². The number of nitrogens with one attached hydrogen (secondary N) is 3. The quantitative estimate of drug-likeness (QED) is 0.768. The number of hydrogen-bond donors (Lipinski definition) is 3. The van der Waals surface area contributed by atoms with Crippen LogP contribution in [0.15, 0.2) is 24.4 Å². The van der Waals surface area contributed by atoms with E-state index in [9.17, 15) is 9.59 Å². The highest BCUT2D eigenvalue weighted by molar-refractivity contribution is 5.98. The normalized spacial score (nSPS) is 26.5. The number of benzene rings is 1. The van der Waals surface area contributed by atoms with E-state index >= 15 is 0 Å². The van der Waals surface area contributed by atoms with Gasteiger partial charge in [-0.25, -0.2) is 0 Å². The first-order chi connectivity index (χ1) is 12.2. The maximum Gasteiger partial charge on any atom is 0.245 e. The fourth-order valence-electron chi connectivity index (χ4n) is 3.59. The van der Waals surface area contributed by atoms with Crippen LogP contribution in [0.3, 0.4) is 0 Å². The maximum absolute atomic E-state index is 12.5. The summed E-state index contributed by atoms with van der Waals surface area (Å²) >= 11 is 0. The molecule has 1 aromatic heterocycles. The third-order valence-electron chi connectivity index (χ3n) is 4.95. The number of methoxy groups -OCH3 is 1. The third-order valence-corrected chi connectivity index (χ3v) is 4.95. The van der Waals surface area contributed by atoms with Gasteiger partial charge in [-0.05, 0) is 36.6 Å². The van der Waals surface area contributed by atoms with Gasteiger partial charge in [-0.15, -0.1) is 0 Å². The molecule has 3 atom stereocenters. The molecule has 2 aromatic rings. The van der Waals surface area contributed by atoms with Gasteiger partial charge in [0, 0.05) is 30.1 Å². The summed E-state index contributed by atoms with van der Waals surface area (Å²) < 4.78 is 10.8. The van der Waals surface area contributed by atoms with Gasteiger partial charge < -0.3 is 25.1 Å². The summed E-state index contributed by atoms with van der Waals surface area (Å²) in [5.41, 5.74) is 1.93. The molecule has 25 heavy (non-hydrogen) atoms. The molecule has 3 heterocycles. The van der Waals surface area contributed by atoms with Gasteiger partial charge in [-0.1, -0.05) is 0 Å². The second-order valence-corrected chi connectivity index (χ2v) is 6.53. The number of H-pyrrole nitrogens is 1. The Hall–Kier alpha value is -2.54. The van der Waals surface area contributed by atoms with Crippen LogP contribution in [0, 0.1) is 0 Å². The predicted molar refractivity (Wildman–Crippen MR) is 91.4 cm³/mol. The largest absolute Gasteiger partial charge is 0.497 e. The molecule has 7 heteroatoms. The zero-order valence-electron chi connectivity index (χ0n) is 14.0. The van der Waals surface area contributed by atoms with Crippen LogP contribution >= 0.6 is 0 Å². The van der Waals surface area contributed by atoms with Crippen molar-refractivity contribution in [3.05, 3.63) is 30.0 Å². The summed E-state index contributed by atoms with van der Waals surface area (Å²) in [5, 5.41) is 6.67. The van der Waals surface area contributed by atoms with Crippen molar-refractivity contribution in [2.75, 3.05) is 13.7 Å². The van der Waals surface area contributed by atoms with Gasteiger partial charge >= 0.3 is 0 Å². The van der Waals surface area contributed by atoms with Crippen molar-refractivity contribution in [1.29, 1.82) is 0 Å². The van der Waals surface area contributed by atoms with E-state index in [1.54, 1.807) is 7.11 Å². The molecule has 4 rings (SSSR count). The van der Waals surface area contributed by atoms with Crippen molar-refractivity contribution in [1.82, 2.24) is 15.6 Å². The van der Waals surface area contributed by atoms with E-state index in [-0.39, 0.29) is 17.9 Å². The molecule has 2 aliphatic heterocycles. The average Bonchev–Trinajstić information content (AvgIpc) is 3.27. The fourth-order valence-corrected chi connectivity index (χ4v) is 3.59. The summed E-state index contributed by atoms with van der Waals surface area (Å²) in [6.07, 6.45) is 3.79. The van der Waals surface area contributed by atoms with Crippen LogP contribution in [0.2, 0.25) is 0 Å². The SMILES string of the molecule is COc1ccc2[nH]cc(CC3NC(=O)C(C4CCCO4)NC3=O)c2c1. The van der Waals surface area contributed by atoms with E-state index in [0.29, 0.717) is 13.0 Å². The highest BCUT2D eigenvalue weighted by Gasteiger charge is 2.40. The molecular weight excluding hydrogens is 322 g/mol. The van der Waals surface area contributed by atoms with Crippen LogP contribution < -0.4 is 15.4 Å². The van der Waals surface area contributed by atoms with Gasteiger partial charge in [0.15, 0.2) is 0 Å². The molecule has 2 amide bonds. The number of fused-ring (bicyclic) bond motifs is 1. The van der Waals surface area contributed by atoms with Crippen LogP contribution in [-0.2, 0) is 20.7 Å². The lowest BCUT2D eigenvalue weighted by molar-refractivity contribution is -0.139. The predicted octanol–water partition coefficient (Wildman–Crippen LogP) is 0.881. The molecule has 132 valence electrons. The van der Waals surface area contributed by atoms with Crippen LogP contribution in [-0.4, -0.2) is 48.7 Å². The number of carbonyl (C=O) groups excluding carboxylic acids is 2. The van der Waals surface area contributed by atoms with Gasteiger partial charge in [-0.3, -0.25) is 9.59 Å². The molecule has 3 N–H and O–H groups in total. The monoisotopic (exact) mass is 343 g/mol. The van der Waals surface area contributed by atoms with E-state index in [1.807, 2.05) is 24.4 Å². The van der Waals surface area contributed by atoms with Crippen molar-refractivity contribution in [2.24, 2.45) is 0 Å². The topological polar surface area (TPSA) is 92.4 Å². The van der Waals surface area contributed by atoms with Crippen molar-refractivity contribution in [2.45, 2.75) is 37.5 Å². The second-order valence-electron chi connectivity index (χ2n) is 6.53. The van der Waals surface area contributed by atoms with E-state index in [0.717, 1.165) is 35.1 Å². The van der Waals surface area contributed by atoms with Crippen molar-refractivity contribution in [3.8, 4) is 5.75 Å². The number of aromatic amines is 1. The highest BCUT2D eigenvalue weighted by Crippen LogP contribution is 2.25. The Morgan fingerprint density at radius 2 is 2.12 bits per heavy atom. The Labute approximate surface area is 145 Å². The first-order valence-electron chi connectivity index (χ1n) is 8.52. The molecule has 2 fully saturated rings. The second kappa shape index (κ2) is 6.40. The number of rotatable bonds is 4. The Bertz CT molecular complexity index is 810. The minimum absolute atomic E-state index is 0.169.